The molecule has 0 aliphatic rings. The van der Waals surface area contributed by atoms with Gasteiger partial charge < -0.3 is 18.9 Å². The fourth-order valence-corrected chi connectivity index (χ4v) is 2.38. The summed E-state index contributed by atoms with van der Waals surface area (Å²) in [6, 6.07) is 9.34. The van der Waals surface area contributed by atoms with Gasteiger partial charge in [0.15, 0.2) is 0 Å². The summed E-state index contributed by atoms with van der Waals surface area (Å²) in [5.74, 6) is 0.704. The minimum atomic E-state index is -0.489. The number of carbonyl (C=O) groups excluding carboxylic acids is 1. The second-order valence-corrected chi connectivity index (χ2v) is 5.20. The summed E-state index contributed by atoms with van der Waals surface area (Å²) >= 11 is 6.33. The van der Waals surface area contributed by atoms with Gasteiger partial charge in [0.1, 0.15) is 31.3 Å². The molecular formula is C18H19ClO5. The van der Waals surface area contributed by atoms with E-state index in [0.29, 0.717) is 29.7 Å². The van der Waals surface area contributed by atoms with Crippen molar-refractivity contribution in [2.24, 2.45) is 0 Å². The van der Waals surface area contributed by atoms with Crippen molar-refractivity contribution in [2.45, 2.75) is 0 Å². The Morgan fingerprint density at radius 1 is 1.12 bits per heavy atom. The molecule has 0 amide bonds. The van der Waals surface area contributed by atoms with E-state index in [1.165, 1.54) is 0 Å². The summed E-state index contributed by atoms with van der Waals surface area (Å²) in [6.07, 6.45) is 1.11. The first-order valence-electron chi connectivity index (χ1n) is 7.42. The van der Waals surface area contributed by atoms with Gasteiger partial charge in [0.2, 0.25) is 0 Å². The number of rotatable bonds is 9. The first kappa shape index (κ1) is 18.1. The summed E-state index contributed by atoms with van der Waals surface area (Å²) in [5.41, 5.74) is 0. The quantitative estimate of drug-likeness (QED) is 0.393. The summed E-state index contributed by atoms with van der Waals surface area (Å²) in [6.45, 7) is 4.54. The van der Waals surface area contributed by atoms with Gasteiger partial charge in [-0.1, -0.05) is 42.4 Å². The summed E-state index contributed by atoms with van der Waals surface area (Å²) < 4.78 is 21.3. The van der Waals surface area contributed by atoms with Crippen molar-refractivity contribution in [2.75, 3.05) is 33.5 Å². The van der Waals surface area contributed by atoms with Crippen molar-refractivity contribution in [3.8, 4) is 11.5 Å². The number of fused-ring (bicyclic) bond motifs is 1. The average molecular weight is 351 g/mol. The van der Waals surface area contributed by atoms with Crippen LogP contribution in [0.5, 0.6) is 11.5 Å². The van der Waals surface area contributed by atoms with Gasteiger partial charge >= 0.3 is 5.97 Å². The maximum atomic E-state index is 11.0. The summed E-state index contributed by atoms with van der Waals surface area (Å²) in [5, 5.41) is 2.14. The maximum Gasteiger partial charge on any atom is 0.330 e. The number of esters is 1. The molecule has 24 heavy (non-hydrogen) atoms. The normalized spacial score (nSPS) is 10.4. The molecule has 5 nitrogen and oxygen atoms in total. The van der Waals surface area contributed by atoms with E-state index in [1.54, 1.807) is 13.2 Å². The zero-order valence-corrected chi connectivity index (χ0v) is 14.2. The number of hydrogen-bond donors (Lipinski definition) is 0. The molecule has 0 aromatic heterocycles. The Bertz CT molecular complexity index is 714. The van der Waals surface area contributed by atoms with Crippen LogP contribution < -0.4 is 9.47 Å². The van der Waals surface area contributed by atoms with Crippen LogP contribution in [0.3, 0.4) is 0 Å². The third-order valence-electron chi connectivity index (χ3n) is 3.20. The van der Waals surface area contributed by atoms with E-state index >= 15 is 0 Å². The van der Waals surface area contributed by atoms with Gasteiger partial charge in [-0.2, -0.15) is 0 Å². The van der Waals surface area contributed by atoms with E-state index in [-0.39, 0.29) is 13.2 Å². The molecule has 2 rings (SSSR count). The number of methoxy groups -OCH3 is 1. The van der Waals surface area contributed by atoms with Crippen LogP contribution in [0.25, 0.3) is 10.8 Å². The van der Waals surface area contributed by atoms with Crippen LogP contribution in [0.2, 0.25) is 5.02 Å². The highest BCUT2D eigenvalue weighted by Crippen LogP contribution is 2.39. The van der Waals surface area contributed by atoms with Gasteiger partial charge in [-0.15, -0.1) is 0 Å². The second kappa shape index (κ2) is 9.15. The highest BCUT2D eigenvalue weighted by molar-refractivity contribution is 6.33. The molecule has 0 bridgehead atoms. The molecule has 128 valence electrons. The molecule has 2 aromatic rings. The third kappa shape index (κ3) is 4.63. The van der Waals surface area contributed by atoms with E-state index in [9.17, 15) is 4.79 Å². The van der Waals surface area contributed by atoms with Crippen molar-refractivity contribution in [3.05, 3.63) is 48.0 Å². The molecule has 0 aliphatic carbocycles. The van der Waals surface area contributed by atoms with Gasteiger partial charge in [0.25, 0.3) is 0 Å². The Morgan fingerprint density at radius 2 is 1.83 bits per heavy atom. The van der Waals surface area contributed by atoms with E-state index in [1.807, 2.05) is 24.3 Å². The predicted octanol–water partition coefficient (Wildman–Crippen LogP) is 3.63. The van der Waals surface area contributed by atoms with Crippen LogP contribution >= 0.6 is 11.6 Å². The fourth-order valence-electron chi connectivity index (χ4n) is 2.13. The fraction of sp³-hybridized carbons (Fsp3) is 0.278. The summed E-state index contributed by atoms with van der Waals surface area (Å²) in [7, 11) is 1.62. The van der Waals surface area contributed by atoms with Crippen LogP contribution in [0.1, 0.15) is 0 Å². The Kier molecular flexibility index (Phi) is 6.90. The minimum absolute atomic E-state index is 0.113. The maximum absolute atomic E-state index is 11.0. The highest BCUT2D eigenvalue weighted by atomic mass is 35.5. The summed E-state index contributed by atoms with van der Waals surface area (Å²) in [4.78, 5) is 11.0. The molecule has 0 fully saturated rings. The van der Waals surface area contributed by atoms with Crippen LogP contribution in [0.15, 0.2) is 43.0 Å². The molecule has 0 aliphatic heterocycles. The second-order valence-electron chi connectivity index (χ2n) is 4.79. The van der Waals surface area contributed by atoms with Crippen LogP contribution in [0, 0.1) is 0 Å². The molecule has 0 saturated heterocycles. The van der Waals surface area contributed by atoms with Gasteiger partial charge in [0.05, 0.1) is 11.6 Å². The van der Waals surface area contributed by atoms with Crippen LogP contribution in [0.4, 0.5) is 0 Å². The van der Waals surface area contributed by atoms with E-state index < -0.39 is 5.97 Å². The standard InChI is InChI=1S/C18H19ClO5/c1-3-17(20)23-10-11-24-18-14-7-5-4-6-13(14)16(12-15(18)19)22-9-8-21-2/h3-7,12H,1,8-11H2,2H3. The van der Waals surface area contributed by atoms with E-state index in [4.69, 9.17) is 30.5 Å². The van der Waals surface area contributed by atoms with Crippen LogP contribution in [-0.4, -0.2) is 39.5 Å². The third-order valence-corrected chi connectivity index (χ3v) is 3.48. The van der Waals surface area contributed by atoms with E-state index in [2.05, 4.69) is 6.58 Å². The topological polar surface area (TPSA) is 54.0 Å². The van der Waals surface area contributed by atoms with Crippen LogP contribution in [-0.2, 0) is 14.3 Å². The Labute approximate surface area is 145 Å². The first-order chi connectivity index (χ1) is 11.7. The van der Waals surface area contributed by atoms with Crippen molar-refractivity contribution in [3.63, 3.8) is 0 Å². The zero-order valence-electron chi connectivity index (χ0n) is 13.4. The highest BCUT2D eigenvalue weighted by Gasteiger charge is 2.13. The zero-order chi connectivity index (χ0) is 17.4. The smallest absolute Gasteiger partial charge is 0.330 e. The molecule has 0 N–H and O–H groups in total. The molecule has 0 heterocycles. The van der Waals surface area contributed by atoms with Crippen molar-refractivity contribution in [1.29, 1.82) is 0 Å². The Morgan fingerprint density at radius 3 is 2.54 bits per heavy atom. The van der Waals surface area contributed by atoms with Gasteiger partial charge in [-0.25, -0.2) is 4.79 Å². The lowest BCUT2D eigenvalue weighted by Crippen LogP contribution is -2.10. The predicted molar refractivity (Wildman–Crippen MR) is 93.0 cm³/mol. The van der Waals surface area contributed by atoms with Gasteiger partial charge in [-0.05, 0) is 0 Å². The molecule has 0 saturated carbocycles. The molecule has 6 heteroatoms. The minimum Gasteiger partial charge on any atom is -0.490 e. The number of hydrogen-bond acceptors (Lipinski definition) is 5. The lowest BCUT2D eigenvalue weighted by atomic mass is 10.1. The molecule has 2 aromatic carbocycles. The van der Waals surface area contributed by atoms with Gasteiger partial charge in [-0.3, -0.25) is 0 Å². The van der Waals surface area contributed by atoms with Crippen molar-refractivity contribution in [1.82, 2.24) is 0 Å². The number of carbonyl (C=O) groups is 1. The van der Waals surface area contributed by atoms with Crippen molar-refractivity contribution < 1.29 is 23.7 Å². The van der Waals surface area contributed by atoms with Gasteiger partial charge in [0, 0.05) is 30.0 Å². The molecule has 0 spiro atoms. The number of benzene rings is 2. The molecule has 0 unspecified atom stereocenters. The van der Waals surface area contributed by atoms with Crippen molar-refractivity contribution >= 4 is 28.3 Å². The Balaban J connectivity index is 2.18. The lowest BCUT2D eigenvalue weighted by Gasteiger charge is -2.15. The molecular weight excluding hydrogens is 332 g/mol. The lowest BCUT2D eigenvalue weighted by molar-refractivity contribution is -0.138. The largest absolute Gasteiger partial charge is 0.490 e. The van der Waals surface area contributed by atoms with E-state index in [0.717, 1.165) is 16.8 Å². The average Bonchev–Trinajstić information content (AvgIpc) is 2.60. The number of halogens is 1. The first-order valence-corrected chi connectivity index (χ1v) is 7.80. The molecule has 0 atom stereocenters. The molecule has 0 radical (unpaired) electrons. The number of ether oxygens (including phenoxy) is 4. The Hall–Kier alpha value is -2.24. The monoisotopic (exact) mass is 350 g/mol. The SMILES string of the molecule is C=CC(=O)OCCOc1c(Cl)cc(OCCOC)c2ccccc12.